The Bertz CT molecular complexity index is 784. The summed E-state index contributed by atoms with van der Waals surface area (Å²) in [6, 6.07) is 7.67. The minimum Gasteiger partial charge on any atom is -0.354 e. The number of anilines is 2. The predicted octanol–water partition coefficient (Wildman–Crippen LogP) is 3.49. The Morgan fingerprint density at radius 1 is 1.11 bits per heavy atom. The highest BCUT2D eigenvalue weighted by Crippen LogP contribution is 2.30. The molecule has 1 aliphatic heterocycles. The number of hydrogen-bond donors (Lipinski definition) is 1. The van der Waals surface area contributed by atoms with E-state index >= 15 is 0 Å². The summed E-state index contributed by atoms with van der Waals surface area (Å²) in [6.45, 7) is 6.70. The smallest absolute Gasteiger partial charge is 0.354 e. The minimum absolute atomic E-state index is 0.308. The van der Waals surface area contributed by atoms with Crippen LogP contribution in [-0.2, 0) is 6.18 Å². The van der Waals surface area contributed by atoms with Crippen molar-refractivity contribution in [3.05, 3.63) is 53.7 Å². The molecule has 2 heterocycles. The lowest BCUT2D eigenvalue weighted by Crippen LogP contribution is -2.46. The highest BCUT2D eigenvalue weighted by atomic mass is 19.4. The SMILES string of the molecule is CCN1CCN(c2cc(C(=O)Nc3ccc(C(F)(F)F)cc3)ccn2)CC1. The molecule has 1 fully saturated rings. The Morgan fingerprint density at radius 3 is 2.37 bits per heavy atom. The number of nitrogens with zero attached hydrogens (tertiary/aromatic N) is 3. The third-order valence-corrected chi connectivity index (χ3v) is 4.62. The monoisotopic (exact) mass is 378 g/mol. The van der Waals surface area contributed by atoms with Crippen LogP contribution in [-0.4, -0.2) is 48.5 Å². The van der Waals surface area contributed by atoms with Crippen LogP contribution in [0.3, 0.4) is 0 Å². The van der Waals surface area contributed by atoms with Crippen molar-refractivity contribution >= 4 is 17.4 Å². The van der Waals surface area contributed by atoms with Gasteiger partial charge in [-0.15, -0.1) is 0 Å². The Kier molecular flexibility index (Phi) is 5.65. The number of hydrogen-bond acceptors (Lipinski definition) is 4. The second-order valence-corrected chi connectivity index (χ2v) is 6.35. The van der Waals surface area contributed by atoms with Gasteiger partial charge in [-0.2, -0.15) is 13.2 Å². The van der Waals surface area contributed by atoms with Gasteiger partial charge in [-0.3, -0.25) is 4.79 Å². The van der Waals surface area contributed by atoms with Crippen LogP contribution in [0.1, 0.15) is 22.8 Å². The molecule has 27 heavy (non-hydrogen) atoms. The van der Waals surface area contributed by atoms with E-state index in [9.17, 15) is 18.0 Å². The molecule has 1 aromatic carbocycles. The van der Waals surface area contributed by atoms with Gasteiger partial charge in [-0.1, -0.05) is 6.92 Å². The number of likely N-dealkylation sites (N-methyl/N-ethyl adjacent to an activating group) is 1. The number of benzene rings is 1. The summed E-state index contributed by atoms with van der Waals surface area (Å²) in [6.07, 6.45) is -2.83. The first-order valence-electron chi connectivity index (χ1n) is 8.79. The molecular formula is C19H21F3N4O. The van der Waals surface area contributed by atoms with Crippen molar-refractivity contribution in [1.29, 1.82) is 0 Å². The summed E-state index contributed by atoms with van der Waals surface area (Å²) in [5.74, 6) is 0.344. The van der Waals surface area contributed by atoms with E-state index in [4.69, 9.17) is 0 Å². The maximum Gasteiger partial charge on any atom is 0.416 e. The number of pyridine rings is 1. The number of alkyl halides is 3. The maximum atomic E-state index is 12.6. The molecule has 0 spiro atoms. The molecule has 5 nitrogen and oxygen atoms in total. The number of carbonyl (C=O) groups is 1. The summed E-state index contributed by atoms with van der Waals surface area (Å²) in [5.41, 5.74) is -0.0290. The maximum absolute atomic E-state index is 12.6. The molecule has 1 N–H and O–H groups in total. The van der Waals surface area contributed by atoms with Gasteiger partial charge in [0.25, 0.3) is 5.91 Å². The highest BCUT2D eigenvalue weighted by molar-refractivity contribution is 6.04. The van der Waals surface area contributed by atoms with Gasteiger partial charge >= 0.3 is 6.18 Å². The lowest BCUT2D eigenvalue weighted by atomic mass is 10.2. The van der Waals surface area contributed by atoms with E-state index in [1.54, 1.807) is 18.3 Å². The summed E-state index contributed by atoms with van der Waals surface area (Å²) >= 11 is 0. The van der Waals surface area contributed by atoms with Gasteiger partial charge in [0.1, 0.15) is 5.82 Å². The van der Waals surface area contributed by atoms with E-state index < -0.39 is 11.7 Å². The molecular weight excluding hydrogens is 357 g/mol. The number of nitrogens with one attached hydrogen (secondary N) is 1. The van der Waals surface area contributed by atoms with Gasteiger partial charge in [0.2, 0.25) is 0 Å². The molecule has 1 amide bonds. The van der Waals surface area contributed by atoms with Gasteiger partial charge < -0.3 is 15.1 Å². The standard InChI is InChI=1S/C19H21F3N4O/c1-2-25-9-11-26(12-10-25)17-13-14(7-8-23-17)18(27)24-16-5-3-15(4-6-16)19(20,21)22/h3-8,13H,2,9-12H2,1H3,(H,24,27). The molecule has 1 aromatic heterocycles. The second kappa shape index (κ2) is 7.96. The summed E-state index contributed by atoms with van der Waals surface area (Å²) in [4.78, 5) is 21.3. The largest absolute Gasteiger partial charge is 0.416 e. The van der Waals surface area contributed by atoms with Crippen LogP contribution >= 0.6 is 0 Å². The topological polar surface area (TPSA) is 48.5 Å². The fraction of sp³-hybridized carbons (Fsp3) is 0.368. The zero-order valence-corrected chi connectivity index (χ0v) is 15.0. The van der Waals surface area contributed by atoms with Crippen molar-refractivity contribution in [1.82, 2.24) is 9.88 Å². The van der Waals surface area contributed by atoms with Crippen molar-refractivity contribution in [2.45, 2.75) is 13.1 Å². The van der Waals surface area contributed by atoms with Crippen LogP contribution in [0, 0.1) is 0 Å². The normalized spacial score (nSPS) is 15.6. The fourth-order valence-electron chi connectivity index (χ4n) is 2.97. The molecule has 0 bridgehead atoms. The molecule has 8 heteroatoms. The first kappa shape index (κ1) is 19.2. The van der Waals surface area contributed by atoms with Crippen molar-refractivity contribution in [2.24, 2.45) is 0 Å². The van der Waals surface area contributed by atoms with Crippen molar-refractivity contribution < 1.29 is 18.0 Å². The van der Waals surface area contributed by atoms with Gasteiger partial charge in [0.05, 0.1) is 5.56 Å². The Morgan fingerprint density at radius 2 is 1.78 bits per heavy atom. The van der Waals surface area contributed by atoms with E-state index in [0.29, 0.717) is 11.3 Å². The Hall–Kier alpha value is -2.61. The van der Waals surface area contributed by atoms with Gasteiger partial charge in [0.15, 0.2) is 0 Å². The Balaban J connectivity index is 1.67. The third kappa shape index (κ3) is 4.77. The quantitative estimate of drug-likeness (QED) is 0.885. The molecule has 0 saturated carbocycles. The van der Waals surface area contributed by atoms with E-state index in [-0.39, 0.29) is 5.91 Å². The van der Waals surface area contributed by atoms with Crippen molar-refractivity contribution in [2.75, 3.05) is 42.9 Å². The second-order valence-electron chi connectivity index (χ2n) is 6.35. The van der Waals surface area contributed by atoms with E-state index in [2.05, 4.69) is 27.0 Å². The van der Waals surface area contributed by atoms with Crippen LogP contribution in [0.5, 0.6) is 0 Å². The third-order valence-electron chi connectivity index (χ3n) is 4.62. The lowest BCUT2D eigenvalue weighted by molar-refractivity contribution is -0.137. The molecule has 0 aliphatic carbocycles. The zero-order chi connectivity index (χ0) is 19.4. The molecule has 1 aliphatic rings. The lowest BCUT2D eigenvalue weighted by Gasteiger charge is -2.34. The van der Waals surface area contributed by atoms with Crippen LogP contribution in [0.4, 0.5) is 24.7 Å². The number of amides is 1. The minimum atomic E-state index is -4.40. The van der Waals surface area contributed by atoms with Crippen molar-refractivity contribution in [3.63, 3.8) is 0 Å². The van der Waals surface area contributed by atoms with E-state index in [1.807, 2.05) is 0 Å². The molecule has 2 aromatic rings. The summed E-state index contributed by atoms with van der Waals surface area (Å²) in [5, 5.41) is 2.62. The van der Waals surface area contributed by atoms with Gasteiger partial charge in [-0.05, 0) is 42.9 Å². The zero-order valence-electron chi connectivity index (χ0n) is 15.0. The molecule has 0 atom stereocenters. The first-order chi connectivity index (χ1) is 12.9. The van der Waals surface area contributed by atoms with Crippen LogP contribution < -0.4 is 10.2 Å². The highest BCUT2D eigenvalue weighted by Gasteiger charge is 2.30. The number of halogens is 3. The molecule has 144 valence electrons. The first-order valence-corrected chi connectivity index (χ1v) is 8.79. The predicted molar refractivity (Wildman–Crippen MR) is 98.0 cm³/mol. The van der Waals surface area contributed by atoms with Crippen LogP contribution in [0.15, 0.2) is 42.6 Å². The van der Waals surface area contributed by atoms with E-state index in [1.165, 1.54) is 12.1 Å². The molecule has 0 radical (unpaired) electrons. The molecule has 1 saturated heterocycles. The number of aromatic nitrogens is 1. The van der Waals surface area contributed by atoms with Gasteiger partial charge in [-0.25, -0.2) is 4.98 Å². The summed E-state index contributed by atoms with van der Waals surface area (Å²) < 4.78 is 37.8. The molecule has 3 rings (SSSR count). The number of carbonyl (C=O) groups excluding carboxylic acids is 1. The van der Waals surface area contributed by atoms with Crippen LogP contribution in [0.25, 0.3) is 0 Å². The Labute approximate surface area is 155 Å². The fourth-order valence-corrected chi connectivity index (χ4v) is 2.97. The van der Waals surface area contributed by atoms with E-state index in [0.717, 1.165) is 50.7 Å². The number of rotatable bonds is 4. The average Bonchev–Trinajstić information content (AvgIpc) is 2.68. The summed E-state index contributed by atoms with van der Waals surface area (Å²) in [7, 11) is 0. The molecule has 0 unspecified atom stereocenters. The van der Waals surface area contributed by atoms with Crippen LogP contribution in [0.2, 0.25) is 0 Å². The number of piperazine rings is 1. The average molecular weight is 378 g/mol. The van der Waals surface area contributed by atoms with Crippen molar-refractivity contribution in [3.8, 4) is 0 Å². The van der Waals surface area contributed by atoms with Gasteiger partial charge in [0, 0.05) is 43.6 Å².